The summed E-state index contributed by atoms with van der Waals surface area (Å²) in [6, 6.07) is 8.14. The Morgan fingerprint density at radius 2 is 2.32 bits per heavy atom. The quantitative estimate of drug-likeness (QED) is 0.902. The highest BCUT2D eigenvalue weighted by molar-refractivity contribution is 7.22. The summed E-state index contributed by atoms with van der Waals surface area (Å²) in [5, 5.41) is 7.42. The third-order valence-corrected chi connectivity index (χ3v) is 3.91. The van der Waals surface area contributed by atoms with E-state index in [0.29, 0.717) is 0 Å². The zero-order valence-electron chi connectivity index (χ0n) is 10.9. The predicted molar refractivity (Wildman–Crippen MR) is 80.5 cm³/mol. The number of thiazole rings is 1. The number of fused-ring (bicyclic) bond motifs is 1. The number of rotatable bonds is 3. The fraction of sp³-hybridized carbons (Fsp3) is 0.385. The van der Waals surface area contributed by atoms with E-state index in [2.05, 4.69) is 38.5 Å². The number of hydrogen-bond donors (Lipinski definition) is 2. The standard InChI is InChI=1S/C13H17N5S/c1-2-7-18-8-14-12(15-9-18)17-13-16-10-5-3-4-6-11(10)19-13/h3-6H,2,7-9H2,1H3,(H2,14,15,16,17). The van der Waals surface area contributed by atoms with Crippen molar-refractivity contribution in [1.29, 1.82) is 0 Å². The van der Waals surface area contributed by atoms with E-state index in [1.807, 2.05) is 18.2 Å². The smallest absolute Gasteiger partial charge is 0.199 e. The average molecular weight is 275 g/mol. The molecule has 2 heterocycles. The molecule has 0 aliphatic carbocycles. The molecular weight excluding hydrogens is 258 g/mol. The lowest BCUT2D eigenvalue weighted by Gasteiger charge is -2.26. The molecular formula is C13H17N5S. The second-order valence-electron chi connectivity index (χ2n) is 4.49. The summed E-state index contributed by atoms with van der Waals surface area (Å²) in [5.41, 5.74) is 1.03. The van der Waals surface area contributed by atoms with Crippen molar-refractivity contribution >= 4 is 32.6 Å². The van der Waals surface area contributed by atoms with Gasteiger partial charge < -0.3 is 10.6 Å². The van der Waals surface area contributed by atoms with Gasteiger partial charge in [-0.05, 0) is 18.6 Å². The second-order valence-corrected chi connectivity index (χ2v) is 5.52. The molecule has 6 heteroatoms. The average Bonchev–Trinajstić information content (AvgIpc) is 2.83. The fourth-order valence-corrected chi connectivity index (χ4v) is 2.90. The van der Waals surface area contributed by atoms with Crippen molar-refractivity contribution in [1.82, 2.24) is 15.2 Å². The number of aliphatic imine (C=N–C) groups is 1. The first-order valence-electron chi connectivity index (χ1n) is 6.48. The Hall–Kier alpha value is -1.66. The predicted octanol–water partition coefficient (Wildman–Crippen LogP) is 2.29. The number of aromatic nitrogens is 1. The number of hydrogen-bond acceptors (Lipinski definition) is 6. The van der Waals surface area contributed by atoms with Crippen LogP contribution in [0.2, 0.25) is 0 Å². The van der Waals surface area contributed by atoms with Crippen LogP contribution >= 0.6 is 11.3 Å². The Balaban J connectivity index is 1.68. The van der Waals surface area contributed by atoms with Crippen LogP contribution in [-0.4, -0.2) is 35.7 Å². The van der Waals surface area contributed by atoms with Gasteiger partial charge in [0.25, 0.3) is 0 Å². The van der Waals surface area contributed by atoms with Crippen LogP contribution < -0.4 is 10.6 Å². The Kier molecular flexibility index (Phi) is 3.61. The molecule has 0 atom stereocenters. The molecule has 5 nitrogen and oxygen atoms in total. The van der Waals surface area contributed by atoms with E-state index < -0.39 is 0 Å². The van der Waals surface area contributed by atoms with Gasteiger partial charge in [0, 0.05) is 6.54 Å². The lowest BCUT2D eigenvalue weighted by molar-refractivity contribution is 0.265. The maximum absolute atomic E-state index is 4.54. The van der Waals surface area contributed by atoms with Crippen molar-refractivity contribution < 1.29 is 0 Å². The first kappa shape index (κ1) is 12.4. The van der Waals surface area contributed by atoms with Crippen molar-refractivity contribution in [3.05, 3.63) is 24.3 Å². The molecule has 19 heavy (non-hydrogen) atoms. The molecule has 1 aromatic carbocycles. The second kappa shape index (κ2) is 5.54. The van der Waals surface area contributed by atoms with Crippen LogP contribution in [0.25, 0.3) is 10.2 Å². The molecule has 0 saturated carbocycles. The van der Waals surface area contributed by atoms with Gasteiger partial charge in [0.15, 0.2) is 11.1 Å². The normalized spacial score (nSPS) is 16.2. The molecule has 0 unspecified atom stereocenters. The summed E-state index contributed by atoms with van der Waals surface area (Å²) in [5.74, 6) is 0.811. The number of anilines is 1. The van der Waals surface area contributed by atoms with Gasteiger partial charge in [-0.1, -0.05) is 30.4 Å². The van der Waals surface area contributed by atoms with Gasteiger partial charge in [0.2, 0.25) is 0 Å². The largest absolute Gasteiger partial charge is 0.343 e. The van der Waals surface area contributed by atoms with Gasteiger partial charge in [0.05, 0.1) is 23.6 Å². The Labute approximate surface area is 116 Å². The van der Waals surface area contributed by atoms with Crippen LogP contribution in [0.4, 0.5) is 5.13 Å². The molecule has 0 fully saturated rings. The van der Waals surface area contributed by atoms with Crippen molar-refractivity contribution in [3.8, 4) is 0 Å². The molecule has 0 radical (unpaired) electrons. The minimum atomic E-state index is 0.744. The van der Waals surface area contributed by atoms with Gasteiger partial charge in [-0.2, -0.15) is 0 Å². The van der Waals surface area contributed by atoms with Crippen LogP contribution in [0.3, 0.4) is 0 Å². The van der Waals surface area contributed by atoms with Gasteiger partial charge in [-0.25, -0.2) is 9.98 Å². The molecule has 0 saturated heterocycles. The maximum Gasteiger partial charge on any atom is 0.199 e. The summed E-state index contributed by atoms with van der Waals surface area (Å²) in [6.45, 7) is 4.84. The summed E-state index contributed by atoms with van der Waals surface area (Å²) in [7, 11) is 0. The van der Waals surface area contributed by atoms with E-state index in [4.69, 9.17) is 0 Å². The Morgan fingerprint density at radius 1 is 1.42 bits per heavy atom. The zero-order chi connectivity index (χ0) is 13.1. The zero-order valence-corrected chi connectivity index (χ0v) is 11.7. The van der Waals surface area contributed by atoms with Crippen molar-refractivity contribution in [2.24, 2.45) is 4.99 Å². The third kappa shape index (κ3) is 2.85. The van der Waals surface area contributed by atoms with E-state index in [1.54, 1.807) is 11.3 Å². The highest BCUT2D eigenvalue weighted by atomic mass is 32.1. The topological polar surface area (TPSA) is 52.5 Å². The van der Waals surface area contributed by atoms with Crippen LogP contribution in [0, 0.1) is 0 Å². The molecule has 0 bridgehead atoms. The van der Waals surface area contributed by atoms with E-state index >= 15 is 0 Å². The van der Waals surface area contributed by atoms with Crippen molar-refractivity contribution in [2.45, 2.75) is 13.3 Å². The van der Waals surface area contributed by atoms with Crippen LogP contribution in [0.1, 0.15) is 13.3 Å². The molecule has 0 amide bonds. The monoisotopic (exact) mass is 275 g/mol. The van der Waals surface area contributed by atoms with Crippen LogP contribution in [0.15, 0.2) is 29.3 Å². The summed E-state index contributed by atoms with van der Waals surface area (Å²) >= 11 is 1.65. The first-order valence-corrected chi connectivity index (χ1v) is 7.30. The van der Waals surface area contributed by atoms with Gasteiger partial charge in [-0.15, -0.1) is 0 Å². The highest BCUT2D eigenvalue weighted by Gasteiger charge is 2.12. The van der Waals surface area contributed by atoms with Crippen molar-refractivity contribution in [2.75, 3.05) is 25.2 Å². The van der Waals surface area contributed by atoms with Gasteiger partial charge in [0.1, 0.15) is 0 Å². The number of para-hydroxylation sites is 1. The van der Waals surface area contributed by atoms with Gasteiger partial charge >= 0.3 is 0 Å². The molecule has 3 rings (SSSR count). The van der Waals surface area contributed by atoms with E-state index in [1.165, 1.54) is 4.70 Å². The van der Waals surface area contributed by atoms with Crippen molar-refractivity contribution in [3.63, 3.8) is 0 Å². The van der Waals surface area contributed by atoms with Crippen LogP contribution in [0.5, 0.6) is 0 Å². The third-order valence-electron chi connectivity index (χ3n) is 2.96. The number of nitrogens with zero attached hydrogens (tertiary/aromatic N) is 3. The fourth-order valence-electron chi connectivity index (χ4n) is 2.04. The minimum absolute atomic E-state index is 0.744. The van der Waals surface area contributed by atoms with E-state index in [9.17, 15) is 0 Å². The SMILES string of the molecule is CCCN1CN=C(Nc2nc3ccccc3s2)NC1. The lowest BCUT2D eigenvalue weighted by atomic mass is 10.3. The minimum Gasteiger partial charge on any atom is -0.343 e. The van der Waals surface area contributed by atoms with E-state index in [0.717, 1.165) is 42.9 Å². The maximum atomic E-state index is 4.54. The Bertz CT molecular complexity index is 558. The molecule has 2 aromatic rings. The Morgan fingerprint density at radius 3 is 3.05 bits per heavy atom. The summed E-state index contributed by atoms with van der Waals surface area (Å²) in [6.07, 6.45) is 1.15. The molecule has 0 spiro atoms. The lowest BCUT2D eigenvalue weighted by Crippen LogP contribution is -2.45. The number of benzene rings is 1. The molecule has 1 aliphatic rings. The number of guanidine groups is 1. The molecule has 2 N–H and O–H groups in total. The summed E-state index contributed by atoms with van der Waals surface area (Å²) < 4.78 is 1.19. The van der Waals surface area contributed by atoms with Crippen LogP contribution in [-0.2, 0) is 0 Å². The summed E-state index contributed by atoms with van der Waals surface area (Å²) in [4.78, 5) is 11.3. The molecule has 1 aliphatic heterocycles. The number of nitrogens with one attached hydrogen (secondary N) is 2. The highest BCUT2D eigenvalue weighted by Crippen LogP contribution is 2.25. The molecule has 100 valence electrons. The van der Waals surface area contributed by atoms with E-state index in [-0.39, 0.29) is 0 Å². The molecule has 1 aromatic heterocycles. The first-order chi connectivity index (χ1) is 9.35. The van der Waals surface area contributed by atoms with Gasteiger partial charge in [-0.3, -0.25) is 4.90 Å².